The zero-order valence-corrected chi connectivity index (χ0v) is 8.04. The highest BCUT2D eigenvalue weighted by Crippen LogP contribution is 2.34. The highest BCUT2D eigenvalue weighted by molar-refractivity contribution is 5.87. The van der Waals surface area contributed by atoms with Crippen LogP contribution >= 0.6 is 0 Å². The molecule has 0 N–H and O–H groups in total. The summed E-state index contributed by atoms with van der Waals surface area (Å²) >= 11 is 0. The fourth-order valence-corrected chi connectivity index (χ4v) is 2.74. The second-order valence-corrected chi connectivity index (χ2v) is 4.35. The maximum absolute atomic E-state index is 11.4. The van der Waals surface area contributed by atoms with Crippen LogP contribution in [0.4, 0.5) is 0 Å². The van der Waals surface area contributed by atoms with Gasteiger partial charge in [0, 0.05) is 13.1 Å². The zero-order valence-electron chi connectivity index (χ0n) is 8.04. The summed E-state index contributed by atoms with van der Waals surface area (Å²) in [6.45, 7) is 5.49. The zero-order chi connectivity index (χ0) is 9.26. The van der Waals surface area contributed by atoms with Crippen molar-refractivity contribution in [1.29, 1.82) is 0 Å². The molecule has 2 aliphatic rings. The van der Waals surface area contributed by atoms with Gasteiger partial charge in [-0.2, -0.15) is 0 Å². The number of hydrogen-bond donors (Lipinski definition) is 0. The van der Waals surface area contributed by atoms with Crippen LogP contribution in [0.2, 0.25) is 0 Å². The number of amides is 1. The number of likely N-dealkylation sites (tertiary alicyclic amines) is 1. The number of hydrogen-bond acceptors (Lipinski definition) is 1. The van der Waals surface area contributed by atoms with Crippen LogP contribution in [0.15, 0.2) is 12.7 Å². The fraction of sp³-hybridized carbons (Fsp3) is 0.727. The van der Waals surface area contributed by atoms with E-state index in [-0.39, 0.29) is 5.91 Å². The second-order valence-electron chi connectivity index (χ2n) is 4.35. The fourth-order valence-electron chi connectivity index (χ4n) is 2.74. The lowest BCUT2D eigenvalue weighted by Crippen LogP contribution is -2.45. The van der Waals surface area contributed by atoms with Crippen LogP contribution < -0.4 is 0 Å². The standard InChI is InChI=1S/C11H17NO/c1-2-11(13)12-7-9-4-3-5-10(6-9)8-12/h2,9-10H,1,3-8H2. The Balaban J connectivity index is 2.01. The minimum Gasteiger partial charge on any atom is -0.339 e. The first-order chi connectivity index (χ1) is 6.29. The molecule has 1 saturated heterocycles. The highest BCUT2D eigenvalue weighted by Gasteiger charge is 2.31. The molecule has 72 valence electrons. The van der Waals surface area contributed by atoms with E-state index in [0.29, 0.717) is 0 Å². The van der Waals surface area contributed by atoms with E-state index in [9.17, 15) is 4.79 Å². The van der Waals surface area contributed by atoms with Crippen LogP contribution in [0, 0.1) is 11.8 Å². The lowest BCUT2D eigenvalue weighted by atomic mass is 9.78. The predicted molar refractivity (Wildman–Crippen MR) is 52.2 cm³/mol. The van der Waals surface area contributed by atoms with Gasteiger partial charge in [-0.25, -0.2) is 0 Å². The lowest BCUT2D eigenvalue weighted by Gasteiger charge is -2.40. The Bertz CT molecular complexity index is 212. The van der Waals surface area contributed by atoms with E-state index in [4.69, 9.17) is 0 Å². The summed E-state index contributed by atoms with van der Waals surface area (Å²) in [5.41, 5.74) is 0. The number of carbonyl (C=O) groups excluding carboxylic acids is 1. The summed E-state index contributed by atoms with van der Waals surface area (Å²) < 4.78 is 0. The Morgan fingerprint density at radius 1 is 1.31 bits per heavy atom. The highest BCUT2D eigenvalue weighted by atomic mass is 16.2. The lowest BCUT2D eigenvalue weighted by molar-refractivity contribution is -0.129. The second kappa shape index (κ2) is 3.52. The number of piperidine rings is 1. The minimum atomic E-state index is 0.122. The monoisotopic (exact) mass is 179 g/mol. The van der Waals surface area contributed by atoms with E-state index < -0.39 is 0 Å². The maximum Gasteiger partial charge on any atom is 0.245 e. The van der Waals surface area contributed by atoms with Gasteiger partial charge in [-0.05, 0) is 37.2 Å². The SMILES string of the molecule is C=CC(=O)N1CC2CCCC(C2)C1. The Kier molecular flexibility index (Phi) is 2.38. The smallest absolute Gasteiger partial charge is 0.245 e. The molecule has 2 atom stereocenters. The van der Waals surface area contributed by atoms with E-state index in [1.807, 2.05) is 4.90 Å². The molecule has 0 aromatic carbocycles. The van der Waals surface area contributed by atoms with Crippen molar-refractivity contribution in [3.63, 3.8) is 0 Å². The van der Waals surface area contributed by atoms with E-state index in [1.54, 1.807) is 0 Å². The molecule has 1 heterocycles. The Morgan fingerprint density at radius 3 is 2.46 bits per heavy atom. The topological polar surface area (TPSA) is 20.3 Å². The molecule has 1 aliphatic heterocycles. The van der Waals surface area contributed by atoms with Gasteiger partial charge in [0.15, 0.2) is 0 Å². The third kappa shape index (κ3) is 1.77. The van der Waals surface area contributed by atoms with Crippen molar-refractivity contribution in [1.82, 2.24) is 4.90 Å². The van der Waals surface area contributed by atoms with Gasteiger partial charge < -0.3 is 4.90 Å². The molecule has 2 heteroatoms. The van der Waals surface area contributed by atoms with Crippen LogP contribution in [0.25, 0.3) is 0 Å². The van der Waals surface area contributed by atoms with Gasteiger partial charge in [0.1, 0.15) is 0 Å². The van der Waals surface area contributed by atoms with Crippen molar-refractivity contribution >= 4 is 5.91 Å². The van der Waals surface area contributed by atoms with Crippen molar-refractivity contribution in [2.45, 2.75) is 25.7 Å². The van der Waals surface area contributed by atoms with Crippen LogP contribution in [0.3, 0.4) is 0 Å². The van der Waals surface area contributed by atoms with E-state index in [2.05, 4.69) is 6.58 Å². The molecule has 1 saturated carbocycles. The molecule has 0 radical (unpaired) electrons. The van der Waals surface area contributed by atoms with Gasteiger partial charge in [-0.3, -0.25) is 4.79 Å². The number of carbonyl (C=O) groups is 1. The molecular weight excluding hydrogens is 162 g/mol. The molecule has 2 fully saturated rings. The van der Waals surface area contributed by atoms with Gasteiger partial charge in [0.05, 0.1) is 0 Å². The Labute approximate surface area is 79.6 Å². The number of nitrogens with zero attached hydrogens (tertiary/aromatic N) is 1. The van der Waals surface area contributed by atoms with Gasteiger partial charge >= 0.3 is 0 Å². The van der Waals surface area contributed by atoms with E-state index in [1.165, 1.54) is 31.8 Å². The van der Waals surface area contributed by atoms with Crippen molar-refractivity contribution in [3.8, 4) is 0 Å². The summed E-state index contributed by atoms with van der Waals surface area (Å²) in [5, 5.41) is 0. The molecule has 0 spiro atoms. The van der Waals surface area contributed by atoms with Crippen molar-refractivity contribution in [2.24, 2.45) is 11.8 Å². The van der Waals surface area contributed by atoms with Crippen molar-refractivity contribution in [3.05, 3.63) is 12.7 Å². The normalized spacial score (nSPS) is 32.8. The molecule has 2 nitrogen and oxygen atoms in total. The number of fused-ring (bicyclic) bond motifs is 2. The molecule has 2 unspecified atom stereocenters. The van der Waals surface area contributed by atoms with Gasteiger partial charge in [-0.15, -0.1) is 0 Å². The molecular formula is C11H17NO. The van der Waals surface area contributed by atoms with Gasteiger partial charge in [-0.1, -0.05) is 13.0 Å². The van der Waals surface area contributed by atoms with Crippen LogP contribution in [0.5, 0.6) is 0 Å². The molecule has 0 aromatic rings. The van der Waals surface area contributed by atoms with Crippen LogP contribution in [-0.4, -0.2) is 23.9 Å². The molecule has 1 aliphatic carbocycles. The molecule has 2 rings (SSSR count). The average molecular weight is 179 g/mol. The van der Waals surface area contributed by atoms with Gasteiger partial charge in [0.25, 0.3) is 0 Å². The summed E-state index contributed by atoms with van der Waals surface area (Å²) in [6.07, 6.45) is 6.79. The first-order valence-electron chi connectivity index (χ1n) is 5.21. The van der Waals surface area contributed by atoms with Crippen LogP contribution in [-0.2, 0) is 4.79 Å². The minimum absolute atomic E-state index is 0.122. The summed E-state index contributed by atoms with van der Waals surface area (Å²) in [6, 6.07) is 0. The Hall–Kier alpha value is -0.790. The van der Waals surface area contributed by atoms with E-state index in [0.717, 1.165) is 24.9 Å². The first kappa shape index (κ1) is 8.79. The summed E-state index contributed by atoms with van der Waals surface area (Å²) in [7, 11) is 0. The molecule has 13 heavy (non-hydrogen) atoms. The predicted octanol–water partition coefficient (Wildman–Crippen LogP) is 1.82. The molecule has 2 bridgehead atoms. The summed E-state index contributed by atoms with van der Waals surface area (Å²) in [5.74, 6) is 1.67. The number of rotatable bonds is 1. The third-order valence-electron chi connectivity index (χ3n) is 3.33. The quantitative estimate of drug-likeness (QED) is 0.562. The third-order valence-corrected chi connectivity index (χ3v) is 3.33. The van der Waals surface area contributed by atoms with Crippen molar-refractivity contribution < 1.29 is 4.79 Å². The van der Waals surface area contributed by atoms with E-state index >= 15 is 0 Å². The Morgan fingerprint density at radius 2 is 1.92 bits per heavy atom. The van der Waals surface area contributed by atoms with Crippen molar-refractivity contribution in [2.75, 3.05) is 13.1 Å². The molecule has 0 aromatic heterocycles. The first-order valence-corrected chi connectivity index (χ1v) is 5.21. The maximum atomic E-state index is 11.4. The average Bonchev–Trinajstić information content (AvgIpc) is 2.16. The van der Waals surface area contributed by atoms with Crippen LogP contribution in [0.1, 0.15) is 25.7 Å². The molecule has 1 amide bonds. The summed E-state index contributed by atoms with van der Waals surface area (Å²) in [4.78, 5) is 13.4. The van der Waals surface area contributed by atoms with Gasteiger partial charge in [0.2, 0.25) is 5.91 Å². The largest absolute Gasteiger partial charge is 0.339 e.